The summed E-state index contributed by atoms with van der Waals surface area (Å²) in [6.07, 6.45) is 7.07. The van der Waals surface area contributed by atoms with Crippen LogP contribution in [0.3, 0.4) is 0 Å². The molecule has 2 bridgehead atoms. The number of hydrogen-bond acceptors (Lipinski definition) is 8. The van der Waals surface area contributed by atoms with Gasteiger partial charge in [0.2, 0.25) is 0 Å². The van der Waals surface area contributed by atoms with Gasteiger partial charge in [-0.25, -0.2) is 23.7 Å². The molecule has 38 heavy (non-hydrogen) atoms. The molecule has 2 fully saturated rings. The highest BCUT2D eigenvalue weighted by molar-refractivity contribution is 7.91. The molecule has 12 heteroatoms. The summed E-state index contributed by atoms with van der Waals surface area (Å²) in [4.78, 5) is 23.3. The largest absolute Gasteiger partial charge is 0.382 e. The van der Waals surface area contributed by atoms with Gasteiger partial charge in [0.25, 0.3) is 0 Å². The normalized spacial score (nSPS) is 21.1. The quantitative estimate of drug-likeness (QED) is 0.267. The third-order valence-corrected chi connectivity index (χ3v) is 8.79. The number of nitrogen functional groups attached to an aromatic ring is 1. The van der Waals surface area contributed by atoms with Crippen LogP contribution in [0.1, 0.15) is 37.3 Å². The maximum Gasteiger partial charge on any atom is 0.341 e. The molecule has 6 rings (SSSR count). The van der Waals surface area contributed by atoms with Gasteiger partial charge in [-0.05, 0) is 31.7 Å². The molecular weight excluding hydrogens is 506 g/mol. The molecular formula is C26H27N7O4S. The van der Waals surface area contributed by atoms with Crippen LogP contribution in [0.15, 0.2) is 59.8 Å². The SMILES string of the molecule is CS(=O)(=O)c1c([C@H]2CC3CC[C@@H](C2)N3C(=O)NO)nc2c(-c3ccc(-c4ccccc4)nc3)cnn2c1N. The van der Waals surface area contributed by atoms with Crippen LogP contribution in [0.5, 0.6) is 0 Å². The molecule has 0 aliphatic carbocycles. The number of hydroxylamine groups is 1. The second-order valence-corrected chi connectivity index (χ2v) is 11.9. The van der Waals surface area contributed by atoms with Crippen LogP contribution in [-0.4, -0.2) is 62.5 Å². The first kappa shape index (κ1) is 24.3. The van der Waals surface area contributed by atoms with Crippen molar-refractivity contribution in [1.82, 2.24) is 30.0 Å². The molecule has 11 nitrogen and oxygen atoms in total. The summed E-state index contributed by atoms with van der Waals surface area (Å²) in [7, 11) is -3.74. The van der Waals surface area contributed by atoms with E-state index in [1.165, 1.54) is 4.52 Å². The lowest BCUT2D eigenvalue weighted by atomic mass is 9.88. The number of urea groups is 1. The lowest BCUT2D eigenvalue weighted by Crippen LogP contribution is -2.49. The maximum absolute atomic E-state index is 12.9. The minimum absolute atomic E-state index is 0.00972. The Morgan fingerprint density at radius 3 is 2.37 bits per heavy atom. The van der Waals surface area contributed by atoms with Crippen molar-refractivity contribution in [3.8, 4) is 22.4 Å². The number of carbonyl (C=O) groups is 1. The predicted molar refractivity (Wildman–Crippen MR) is 140 cm³/mol. The third-order valence-electron chi connectivity index (χ3n) is 7.63. The van der Waals surface area contributed by atoms with Gasteiger partial charge in [0.1, 0.15) is 10.7 Å². The number of rotatable bonds is 4. The zero-order chi connectivity index (χ0) is 26.6. The summed E-state index contributed by atoms with van der Waals surface area (Å²) >= 11 is 0. The summed E-state index contributed by atoms with van der Waals surface area (Å²) in [6.45, 7) is 0. The fourth-order valence-corrected chi connectivity index (χ4v) is 7.06. The minimum atomic E-state index is -3.74. The Morgan fingerprint density at radius 1 is 1.05 bits per heavy atom. The lowest BCUT2D eigenvalue weighted by Gasteiger charge is -2.38. The number of sulfone groups is 1. The standard InChI is InChI=1S/C26H27N7O4S/c1-38(36,37)23-22(17-11-18-8-9-19(12-17)32(18)26(34)31-35)30-25-20(14-29-33(25)24(23)27)16-7-10-21(28-13-16)15-5-3-2-4-6-15/h2-7,10,13-14,17-19,35H,8-9,11-12,27H2,1H3,(H,31,34)/t17-,18+,19?/m1/s1. The van der Waals surface area contributed by atoms with Gasteiger partial charge in [-0.2, -0.15) is 9.61 Å². The summed E-state index contributed by atoms with van der Waals surface area (Å²) in [5.74, 6) is -0.218. The van der Waals surface area contributed by atoms with E-state index in [0.29, 0.717) is 29.7 Å². The summed E-state index contributed by atoms with van der Waals surface area (Å²) in [5.41, 5.74) is 12.3. The molecule has 2 aliphatic rings. The molecule has 3 atom stereocenters. The van der Waals surface area contributed by atoms with Crippen molar-refractivity contribution < 1.29 is 18.4 Å². The van der Waals surface area contributed by atoms with Crippen LogP contribution in [-0.2, 0) is 9.84 Å². The number of nitrogens with zero attached hydrogens (tertiary/aromatic N) is 5. The third kappa shape index (κ3) is 3.96. The first-order valence-corrected chi connectivity index (χ1v) is 14.3. The highest BCUT2D eigenvalue weighted by Crippen LogP contribution is 2.45. The van der Waals surface area contributed by atoms with Crippen molar-refractivity contribution in [3.63, 3.8) is 0 Å². The molecule has 3 aromatic heterocycles. The van der Waals surface area contributed by atoms with E-state index in [1.807, 2.05) is 42.5 Å². The molecule has 2 saturated heterocycles. The number of nitrogens with one attached hydrogen (secondary N) is 1. The highest BCUT2D eigenvalue weighted by Gasteiger charge is 2.45. The zero-order valence-corrected chi connectivity index (χ0v) is 21.5. The van der Waals surface area contributed by atoms with Crippen molar-refractivity contribution in [2.75, 3.05) is 12.0 Å². The Labute approximate surface area is 219 Å². The minimum Gasteiger partial charge on any atom is -0.382 e. The second kappa shape index (κ2) is 9.07. The average Bonchev–Trinajstić information content (AvgIpc) is 3.46. The number of anilines is 1. The van der Waals surface area contributed by atoms with E-state index in [-0.39, 0.29) is 28.7 Å². The number of nitrogens with two attached hydrogens (primary N) is 1. The molecule has 196 valence electrons. The fourth-order valence-electron chi connectivity index (χ4n) is 6.00. The van der Waals surface area contributed by atoms with Crippen molar-refractivity contribution in [3.05, 3.63) is 60.6 Å². The summed E-state index contributed by atoms with van der Waals surface area (Å²) in [6, 6.07) is 12.9. The van der Waals surface area contributed by atoms with Crippen LogP contribution in [0.2, 0.25) is 0 Å². The number of fused-ring (bicyclic) bond motifs is 3. The zero-order valence-electron chi connectivity index (χ0n) is 20.7. The number of amides is 2. The van der Waals surface area contributed by atoms with Gasteiger partial charge in [-0.15, -0.1) is 0 Å². The number of benzene rings is 1. The maximum atomic E-state index is 12.9. The molecule has 2 aliphatic heterocycles. The Hall–Kier alpha value is -4.03. The lowest BCUT2D eigenvalue weighted by molar-refractivity contribution is 0.0929. The molecule has 1 unspecified atom stereocenters. The van der Waals surface area contributed by atoms with Crippen LogP contribution in [0.25, 0.3) is 28.0 Å². The van der Waals surface area contributed by atoms with Crippen LogP contribution >= 0.6 is 0 Å². The Balaban J connectivity index is 1.44. The van der Waals surface area contributed by atoms with Crippen molar-refractivity contribution in [1.29, 1.82) is 0 Å². The van der Waals surface area contributed by atoms with Crippen LogP contribution < -0.4 is 11.2 Å². The number of piperidine rings is 1. The van der Waals surface area contributed by atoms with E-state index in [2.05, 4.69) is 10.1 Å². The fraction of sp³-hybridized carbons (Fsp3) is 0.308. The Morgan fingerprint density at radius 2 is 1.76 bits per heavy atom. The Bertz CT molecular complexity index is 1620. The van der Waals surface area contributed by atoms with Crippen LogP contribution in [0.4, 0.5) is 10.6 Å². The monoisotopic (exact) mass is 533 g/mol. The average molecular weight is 534 g/mol. The molecule has 5 heterocycles. The van der Waals surface area contributed by atoms with Gasteiger partial charge in [-0.3, -0.25) is 10.2 Å². The molecule has 0 saturated carbocycles. The Kier molecular flexibility index (Phi) is 5.80. The molecule has 0 radical (unpaired) electrons. The van der Waals surface area contributed by atoms with E-state index in [4.69, 9.17) is 10.7 Å². The van der Waals surface area contributed by atoms with E-state index >= 15 is 0 Å². The smallest absolute Gasteiger partial charge is 0.341 e. The molecule has 0 spiro atoms. The first-order valence-electron chi connectivity index (χ1n) is 12.4. The molecule has 4 aromatic rings. The van der Waals surface area contributed by atoms with E-state index in [0.717, 1.165) is 35.9 Å². The molecule has 2 amide bonds. The van der Waals surface area contributed by atoms with Gasteiger partial charge in [0.05, 0.1) is 17.6 Å². The number of pyridine rings is 1. The van der Waals surface area contributed by atoms with Gasteiger partial charge in [-0.1, -0.05) is 36.4 Å². The van der Waals surface area contributed by atoms with Gasteiger partial charge in [0, 0.05) is 47.1 Å². The molecule has 1 aromatic carbocycles. The molecule has 4 N–H and O–H groups in total. The van der Waals surface area contributed by atoms with E-state index in [9.17, 15) is 18.4 Å². The number of hydrogen-bond donors (Lipinski definition) is 3. The number of aromatic nitrogens is 4. The first-order chi connectivity index (χ1) is 18.3. The van der Waals surface area contributed by atoms with Crippen molar-refractivity contribution >= 4 is 27.3 Å². The van der Waals surface area contributed by atoms with Crippen molar-refractivity contribution in [2.24, 2.45) is 0 Å². The number of carbonyl (C=O) groups excluding carboxylic acids is 1. The van der Waals surface area contributed by atoms with E-state index in [1.54, 1.807) is 22.8 Å². The van der Waals surface area contributed by atoms with Gasteiger partial charge < -0.3 is 10.6 Å². The van der Waals surface area contributed by atoms with Gasteiger partial charge >= 0.3 is 6.03 Å². The van der Waals surface area contributed by atoms with Crippen molar-refractivity contribution in [2.45, 2.75) is 48.6 Å². The second-order valence-electron chi connectivity index (χ2n) is 9.95. The predicted octanol–water partition coefficient (Wildman–Crippen LogP) is 3.25. The van der Waals surface area contributed by atoms with Crippen LogP contribution in [0, 0.1) is 0 Å². The van der Waals surface area contributed by atoms with E-state index < -0.39 is 15.9 Å². The van der Waals surface area contributed by atoms with Gasteiger partial charge in [0.15, 0.2) is 15.5 Å². The summed E-state index contributed by atoms with van der Waals surface area (Å²) < 4.78 is 27.2. The highest BCUT2D eigenvalue weighted by atomic mass is 32.2. The topological polar surface area (TPSA) is 156 Å². The summed E-state index contributed by atoms with van der Waals surface area (Å²) in [5, 5.41) is 13.5.